The smallest absolute Gasteiger partial charge is 0.303 e. The van der Waals surface area contributed by atoms with Crippen LogP contribution in [0.3, 0.4) is 0 Å². The summed E-state index contributed by atoms with van der Waals surface area (Å²) in [6, 6.07) is 9.43. The predicted octanol–water partition coefficient (Wildman–Crippen LogP) is 2.53. The highest BCUT2D eigenvalue weighted by molar-refractivity contribution is 8.26. The summed E-state index contributed by atoms with van der Waals surface area (Å²) in [6.07, 6.45) is -1.72. The van der Waals surface area contributed by atoms with Gasteiger partial charge in [0.05, 0.1) is 4.91 Å². The summed E-state index contributed by atoms with van der Waals surface area (Å²) in [5, 5.41) is 0. The molecule has 11 nitrogen and oxygen atoms in total. The first-order chi connectivity index (χ1) is 18.5. The molecular weight excluding hydrogens is 550 g/mol. The minimum absolute atomic E-state index is 0.0836. The van der Waals surface area contributed by atoms with Gasteiger partial charge in [-0.3, -0.25) is 28.9 Å². The zero-order chi connectivity index (χ0) is 28.7. The van der Waals surface area contributed by atoms with E-state index in [1.54, 1.807) is 18.2 Å². The number of ether oxygens (including phenoxy) is 5. The molecule has 0 N–H and O–H groups in total. The fourth-order valence-corrected chi connectivity index (χ4v) is 5.20. The van der Waals surface area contributed by atoms with Crippen LogP contribution in [0.1, 0.15) is 33.3 Å². The zero-order valence-electron chi connectivity index (χ0n) is 21.6. The normalized spacial score (nSPS) is 26.0. The molecule has 1 aromatic rings. The standard InChI is InChI=1S/C26H27NO10S2/c1-14(28)33-13-19-21(34-15(2)29)22(35-16(3)30)23(36-17(4)31)25(37-19)27-24(32)20(39-26(27)38)12-8-11-18-9-6-5-7-10-18/h5-12,19,21-23,25H,13H2,1-4H3. The Hall–Kier alpha value is -3.55. The Kier molecular flexibility index (Phi) is 10.4. The van der Waals surface area contributed by atoms with E-state index in [-0.39, 0.29) is 9.23 Å². The lowest BCUT2D eigenvalue weighted by atomic mass is 9.96. The third-order valence-electron chi connectivity index (χ3n) is 5.38. The van der Waals surface area contributed by atoms with Crippen molar-refractivity contribution < 1.29 is 47.7 Å². The van der Waals surface area contributed by atoms with Gasteiger partial charge in [-0.05, 0) is 11.6 Å². The molecule has 5 atom stereocenters. The Balaban J connectivity index is 1.99. The molecule has 0 radical (unpaired) electrons. The summed E-state index contributed by atoms with van der Waals surface area (Å²) in [7, 11) is 0. The third-order valence-corrected chi connectivity index (χ3v) is 6.73. The SMILES string of the molecule is CC(=O)OCC1OC(N2C(=O)C(=CC=Cc3ccccc3)SC2=S)C(OC(C)=O)C(OC(C)=O)C1OC(C)=O. The van der Waals surface area contributed by atoms with Crippen molar-refractivity contribution in [3.63, 3.8) is 0 Å². The Labute approximate surface area is 234 Å². The number of thiocarbonyl (C=S) groups is 1. The molecular formula is C26H27NO10S2. The number of esters is 4. The third kappa shape index (κ3) is 7.97. The molecule has 2 saturated heterocycles. The summed E-state index contributed by atoms with van der Waals surface area (Å²) in [5.74, 6) is -3.52. The lowest BCUT2D eigenvalue weighted by Crippen LogP contribution is -2.66. The molecule has 1 aromatic carbocycles. The number of amides is 1. The van der Waals surface area contributed by atoms with E-state index in [9.17, 15) is 24.0 Å². The molecule has 0 spiro atoms. The summed E-state index contributed by atoms with van der Waals surface area (Å²) < 4.78 is 27.5. The lowest BCUT2D eigenvalue weighted by Gasteiger charge is -2.46. The first-order valence-electron chi connectivity index (χ1n) is 11.8. The monoisotopic (exact) mass is 577 g/mol. The van der Waals surface area contributed by atoms with Gasteiger partial charge in [0, 0.05) is 27.7 Å². The van der Waals surface area contributed by atoms with E-state index in [4.69, 9.17) is 35.9 Å². The van der Waals surface area contributed by atoms with Crippen molar-refractivity contribution in [3.05, 3.63) is 53.0 Å². The van der Waals surface area contributed by atoms with Gasteiger partial charge in [-0.2, -0.15) is 0 Å². The van der Waals surface area contributed by atoms with E-state index in [0.29, 0.717) is 0 Å². The van der Waals surface area contributed by atoms with Crippen molar-refractivity contribution in [2.75, 3.05) is 6.61 Å². The summed E-state index contributed by atoms with van der Waals surface area (Å²) in [6.45, 7) is 4.10. The van der Waals surface area contributed by atoms with E-state index in [2.05, 4.69) is 0 Å². The number of carbonyl (C=O) groups is 5. The number of carbonyl (C=O) groups excluding carboxylic acids is 5. The molecule has 2 aliphatic heterocycles. The summed E-state index contributed by atoms with van der Waals surface area (Å²) >= 11 is 6.46. The fraction of sp³-hybridized carbons (Fsp3) is 0.385. The van der Waals surface area contributed by atoms with Crippen molar-refractivity contribution in [1.29, 1.82) is 0 Å². The molecule has 0 aliphatic carbocycles. The Bertz CT molecular complexity index is 1200. The maximum absolute atomic E-state index is 13.5. The number of hydrogen-bond donors (Lipinski definition) is 0. The van der Waals surface area contributed by atoms with Crippen LogP contribution in [-0.2, 0) is 47.7 Å². The van der Waals surface area contributed by atoms with Crippen LogP contribution in [0, 0.1) is 0 Å². The van der Waals surface area contributed by atoms with Crippen molar-refractivity contribution in [3.8, 4) is 0 Å². The highest BCUT2D eigenvalue weighted by Gasteiger charge is 2.56. The first kappa shape index (κ1) is 30.0. The lowest BCUT2D eigenvalue weighted by molar-refractivity contribution is -0.268. The van der Waals surface area contributed by atoms with Gasteiger partial charge in [0.2, 0.25) is 0 Å². The van der Waals surface area contributed by atoms with Gasteiger partial charge in [-0.1, -0.05) is 66.5 Å². The molecule has 39 heavy (non-hydrogen) atoms. The van der Waals surface area contributed by atoms with Crippen LogP contribution in [0.4, 0.5) is 0 Å². The van der Waals surface area contributed by atoms with E-state index < -0.39 is 67.0 Å². The summed E-state index contributed by atoms with van der Waals surface area (Å²) in [4.78, 5) is 62.4. The van der Waals surface area contributed by atoms with Crippen LogP contribution in [0.15, 0.2) is 47.4 Å². The van der Waals surface area contributed by atoms with Crippen molar-refractivity contribution in [2.24, 2.45) is 0 Å². The molecule has 2 aliphatic rings. The molecule has 208 valence electrons. The fourth-order valence-electron chi connectivity index (χ4n) is 3.94. The largest absolute Gasteiger partial charge is 0.463 e. The van der Waals surface area contributed by atoms with E-state index in [1.165, 1.54) is 6.92 Å². The van der Waals surface area contributed by atoms with Gasteiger partial charge in [-0.25, -0.2) is 0 Å². The highest BCUT2D eigenvalue weighted by atomic mass is 32.2. The van der Waals surface area contributed by atoms with Crippen molar-refractivity contribution >= 4 is 64.2 Å². The number of benzene rings is 1. The topological polar surface area (TPSA) is 135 Å². The predicted molar refractivity (Wildman–Crippen MR) is 143 cm³/mol. The maximum Gasteiger partial charge on any atom is 0.303 e. The van der Waals surface area contributed by atoms with Gasteiger partial charge < -0.3 is 23.7 Å². The molecule has 1 amide bonds. The van der Waals surface area contributed by atoms with Crippen LogP contribution in [0.25, 0.3) is 6.08 Å². The minimum Gasteiger partial charge on any atom is -0.463 e. The Morgan fingerprint density at radius 2 is 1.51 bits per heavy atom. The maximum atomic E-state index is 13.5. The molecule has 0 aromatic heterocycles. The van der Waals surface area contributed by atoms with Crippen LogP contribution in [-0.4, -0.2) is 76.3 Å². The molecule has 0 bridgehead atoms. The Morgan fingerprint density at radius 1 is 0.923 bits per heavy atom. The Morgan fingerprint density at radius 3 is 2.10 bits per heavy atom. The van der Waals surface area contributed by atoms with E-state index in [1.807, 2.05) is 30.3 Å². The number of allylic oxidation sites excluding steroid dienone is 2. The van der Waals surface area contributed by atoms with Crippen LogP contribution < -0.4 is 0 Å². The highest BCUT2D eigenvalue weighted by Crippen LogP contribution is 2.38. The van der Waals surface area contributed by atoms with E-state index in [0.717, 1.165) is 43.0 Å². The van der Waals surface area contributed by atoms with Gasteiger partial charge >= 0.3 is 23.9 Å². The van der Waals surface area contributed by atoms with Crippen LogP contribution >= 0.6 is 24.0 Å². The van der Waals surface area contributed by atoms with Crippen LogP contribution in [0.2, 0.25) is 0 Å². The van der Waals surface area contributed by atoms with Crippen LogP contribution in [0.5, 0.6) is 0 Å². The van der Waals surface area contributed by atoms with Crippen molar-refractivity contribution in [1.82, 2.24) is 4.90 Å². The summed E-state index contributed by atoms with van der Waals surface area (Å²) in [5.41, 5.74) is 0.920. The minimum atomic E-state index is -1.44. The molecule has 13 heteroatoms. The van der Waals surface area contributed by atoms with E-state index >= 15 is 0 Å². The van der Waals surface area contributed by atoms with Gasteiger partial charge in [0.1, 0.15) is 12.7 Å². The number of hydrogen-bond acceptors (Lipinski definition) is 12. The molecule has 2 fully saturated rings. The second-order valence-corrected chi connectivity index (χ2v) is 10.1. The number of thioether (sulfide) groups is 1. The van der Waals surface area contributed by atoms with Gasteiger partial charge in [0.25, 0.3) is 5.91 Å². The molecule has 5 unspecified atom stereocenters. The van der Waals surface area contributed by atoms with Gasteiger partial charge in [0.15, 0.2) is 28.9 Å². The molecule has 3 rings (SSSR count). The average Bonchev–Trinajstić information content (AvgIpc) is 3.13. The number of rotatable bonds is 8. The first-order valence-corrected chi connectivity index (χ1v) is 13.0. The molecule has 2 heterocycles. The average molecular weight is 578 g/mol. The van der Waals surface area contributed by atoms with Gasteiger partial charge in [-0.15, -0.1) is 0 Å². The second kappa shape index (κ2) is 13.5. The number of nitrogens with zero attached hydrogens (tertiary/aromatic N) is 1. The quantitative estimate of drug-likeness (QED) is 0.194. The zero-order valence-corrected chi connectivity index (χ0v) is 23.2. The second-order valence-electron chi connectivity index (χ2n) is 8.43. The molecule has 0 saturated carbocycles. The van der Waals surface area contributed by atoms with Crippen molar-refractivity contribution in [2.45, 2.75) is 58.3 Å².